The van der Waals surface area contributed by atoms with Crippen molar-refractivity contribution in [1.29, 1.82) is 0 Å². The van der Waals surface area contributed by atoms with Crippen LogP contribution >= 0.6 is 0 Å². The van der Waals surface area contributed by atoms with Crippen LogP contribution in [0.25, 0.3) is 0 Å². The number of esters is 1. The van der Waals surface area contributed by atoms with E-state index < -0.39 is 54.4 Å². The van der Waals surface area contributed by atoms with Gasteiger partial charge < -0.3 is 49.3 Å². The number of ether oxygens (including phenoxy) is 3. The summed E-state index contributed by atoms with van der Waals surface area (Å²) in [4.78, 5) is 36.4. The largest absolute Gasteiger partial charge is 0.490 e. The van der Waals surface area contributed by atoms with Gasteiger partial charge >= 0.3 is 5.97 Å². The molecule has 13 nitrogen and oxygen atoms in total. The second-order valence-electron chi connectivity index (χ2n) is 16.5. The molecule has 0 spiro atoms. The number of hydrogen-bond donors (Lipinski definition) is 4. The number of cyclic esters (lactones) is 1. The standard InChI is InChI=1S/C46H75N3O10/c1-13-16-38(50)31(5)19-20-37(47-58-28-41(51)49-23-21-48(10)22-24-49)34(8)44(54)35(9)45-39(56-11)18-15-17-29(3)25-32(6)42(52)36(14-2)43(53)33(7)26-30(4)27-40(57-12)46(55)59-45/h13,15-20,26-27,31-36,38-39,42-45,50,52-54H,14,21-25,28H2,1-12H3/b16-13+,18-15-,20-19+,29-17-,30-26-,40-27+,47-37-. The van der Waals surface area contributed by atoms with Gasteiger partial charge in [-0.3, -0.25) is 4.79 Å². The number of carbonyl (C=O) groups excluding carboxylic acids is 2. The van der Waals surface area contributed by atoms with Gasteiger partial charge in [-0.05, 0) is 58.7 Å². The molecule has 2 aliphatic heterocycles. The van der Waals surface area contributed by atoms with Crippen molar-refractivity contribution in [3.05, 3.63) is 71.6 Å². The van der Waals surface area contributed by atoms with Crippen LogP contribution in [0.4, 0.5) is 0 Å². The van der Waals surface area contributed by atoms with Gasteiger partial charge in [-0.2, -0.15) is 0 Å². The number of amides is 1. The number of rotatable bonds is 14. The third-order valence-corrected chi connectivity index (χ3v) is 11.7. The van der Waals surface area contributed by atoms with Gasteiger partial charge in [-0.15, -0.1) is 0 Å². The van der Waals surface area contributed by atoms with Crippen LogP contribution < -0.4 is 0 Å². The summed E-state index contributed by atoms with van der Waals surface area (Å²) in [5, 5.41) is 49.7. The molecule has 0 bridgehead atoms. The number of likely N-dealkylation sites (N-methyl/N-ethyl adjacent to an activating group) is 1. The maximum atomic E-state index is 13.9. The Labute approximate surface area is 353 Å². The molecule has 1 saturated heterocycles. The predicted octanol–water partition coefficient (Wildman–Crippen LogP) is 5.23. The summed E-state index contributed by atoms with van der Waals surface area (Å²) in [5.41, 5.74) is 1.96. The van der Waals surface area contributed by atoms with E-state index in [1.165, 1.54) is 14.2 Å². The molecular weight excluding hydrogens is 755 g/mol. The number of piperazine rings is 1. The average Bonchev–Trinajstić information content (AvgIpc) is 3.20. The molecule has 0 aromatic carbocycles. The van der Waals surface area contributed by atoms with E-state index in [1.807, 2.05) is 66.8 Å². The van der Waals surface area contributed by atoms with Gasteiger partial charge in [0.15, 0.2) is 6.61 Å². The number of nitrogens with zero attached hydrogens (tertiary/aromatic N) is 3. The SMILES string of the molecule is C/C=C/C(O)C(C)/C=C/C(=N/OCC(=O)N1CCN(C)CC1)C(C)C(O)C(C)C1OC(=O)/C(OC)=C\C(C)=C/C(C)C(O)C(CC)C(O)C(C)C/C(C)=C\C=C/C1OC. The van der Waals surface area contributed by atoms with Crippen LogP contribution in [-0.2, 0) is 28.6 Å². The fourth-order valence-corrected chi connectivity index (χ4v) is 7.61. The number of aliphatic hydroxyl groups excluding tert-OH is 4. The Balaban J connectivity index is 2.59. The molecule has 0 radical (unpaired) electrons. The van der Waals surface area contributed by atoms with E-state index >= 15 is 0 Å². The van der Waals surface area contributed by atoms with Gasteiger partial charge in [-0.1, -0.05) is 100 Å². The van der Waals surface area contributed by atoms with E-state index in [-0.39, 0.29) is 41.9 Å². The zero-order valence-corrected chi connectivity index (χ0v) is 37.7. The fraction of sp³-hybridized carbons (Fsp3) is 0.674. The zero-order valence-electron chi connectivity index (χ0n) is 37.7. The van der Waals surface area contributed by atoms with Crippen LogP contribution in [0.3, 0.4) is 0 Å². The normalized spacial score (nSPS) is 32.2. The predicted molar refractivity (Wildman–Crippen MR) is 232 cm³/mol. The fourth-order valence-electron chi connectivity index (χ4n) is 7.61. The summed E-state index contributed by atoms with van der Waals surface area (Å²) in [6.07, 6.45) is 11.5. The van der Waals surface area contributed by atoms with Crippen molar-refractivity contribution in [2.75, 3.05) is 54.1 Å². The molecule has 2 heterocycles. The van der Waals surface area contributed by atoms with Crippen molar-refractivity contribution in [3.63, 3.8) is 0 Å². The summed E-state index contributed by atoms with van der Waals surface area (Å²) in [7, 11) is 4.87. The van der Waals surface area contributed by atoms with Gasteiger partial charge in [0, 0.05) is 62.9 Å². The number of carbonyl (C=O) groups is 2. The summed E-state index contributed by atoms with van der Waals surface area (Å²) >= 11 is 0. The summed E-state index contributed by atoms with van der Waals surface area (Å²) < 4.78 is 17.6. The average molecular weight is 830 g/mol. The van der Waals surface area contributed by atoms with E-state index in [2.05, 4.69) is 10.1 Å². The minimum absolute atomic E-state index is 0.0890. The van der Waals surface area contributed by atoms with Gasteiger partial charge in [0.25, 0.3) is 5.91 Å². The lowest BCUT2D eigenvalue weighted by atomic mass is 9.79. The third kappa shape index (κ3) is 16.1. The molecule has 1 amide bonds. The van der Waals surface area contributed by atoms with E-state index in [9.17, 15) is 30.0 Å². The van der Waals surface area contributed by atoms with Crippen molar-refractivity contribution in [2.24, 2.45) is 40.7 Å². The minimum atomic E-state index is -1.18. The first kappa shape index (κ1) is 51.6. The van der Waals surface area contributed by atoms with Crippen LogP contribution in [0.2, 0.25) is 0 Å². The number of methoxy groups -OCH3 is 2. The Hall–Kier alpha value is -3.59. The van der Waals surface area contributed by atoms with Crippen molar-refractivity contribution >= 4 is 17.6 Å². The molecule has 13 heteroatoms. The first-order chi connectivity index (χ1) is 27.9. The Bertz CT molecular complexity index is 1530. The van der Waals surface area contributed by atoms with Gasteiger partial charge in [-0.25, -0.2) is 4.79 Å². The molecule has 59 heavy (non-hydrogen) atoms. The quantitative estimate of drug-likeness (QED) is 0.0783. The molecule has 4 N–H and O–H groups in total. The molecule has 12 unspecified atom stereocenters. The maximum absolute atomic E-state index is 13.9. The lowest BCUT2D eigenvalue weighted by Gasteiger charge is -2.34. The second kappa shape index (κ2) is 25.9. The Kier molecular flexibility index (Phi) is 22.6. The summed E-state index contributed by atoms with van der Waals surface area (Å²) in [6, 6.07) is 0. The minimum Gasteiger partial charge on any atom is -0.490 e. The van der Waals surface area contributed by atoms with Crippen molar-refractivity contribution in [2.45, 2.75) is 112 Å². The van der Waals surface area contributed by atoms with Crippen molar-refractivity contribution in [3.8, 4) is 0 Å². The van der Waals surface area contributed by atoms with Crippen molar-refractivity contribution in [1.82, 2.24) is 9.80 Å². The Morgan fingerprint density at radius 3 is 2.31 bits per heavy atom. The van der Waals surface area contributed by atoms with Crippen LogP contribution in [0.1, 0.15) is 75.2 Å². The molecule has 2 rings (SSSR count). The topological polar surface area (TPSA) is 171 Å². The number of hydrogen-bond acceptors (Lipinski definition) is 12. The maximum Gasteiger partial charge on any atom is 0.373 e. The summed E-state index contributed by atoms with van der Waals surface area (Å²) in [6.45, 7) is 19.2. The zero-order chi connectivity index (χ0) is 44.4. The van der Waals surface area contributed by atoms with E-state index in [4.69, 9.17) is 19.0 Å². The van der Waals surface area contributed by atoms with E-state index in [0.29, 0.717) is 37.2 Å². The molecule has 12 atom stereocenters. The monoisotopic (exact) mass is 830 g/mol. The molecule has 2 aliphatic rings. The first-order valence-electron chi connectivity index (χ1n) is 21.1. The van der Waals surface area contributed by atoms with Gasteiger partial charge in [0.1, 0.15) is 12.2 Å². The second-order valence-corrected chi connectivity index (χ2v) is 16.5. The highest BCUT2D eigenvalue weighted by Gasteiger charge is 2.38. The molecule has 0 aliphatic carbocycles. The lowest BCUT2D eigenvalue weighted by molar-refractivity contribution is -0.161. The number of oxime groups is 1. The molecule has 0 aromatic rings. The Morgan fingerprint density at radius 2 is 1.71 bits per heavy atom. The van der Waals surface area contributed by atoms with E-state index in [1.54, 1.807) is 62.1 Å². The lowest BCUT2D eigenvalue weighted by Crippen LogP contribution is -2.48. The molecule has 1 fully saturated rings. The summed E-state index contributed by atoms with van der Waals surface area (Å²) in [5.74, 6) is -3.69. The van der Waals surface area contributed by atoms with E-state index in [0.717, 1.165) is 18.7 Å². The highest BCUT2D eigenvalue weighted by molar-refractivity contribution is 5.96. The van der Waals surface area contributed by atoms with Crippen LogP contribution in [0.15, 0.2) is 76.7 Å². The van der Waals surface area contributed by atoms with Gasteiger partial charge in [0.05, 0.1) is 37.2 Å². The van der Waals surface area contributed by atoms with Crippen molar-refractivity contribution < 1.29 is 49.1 Å². The molecule has 0 saturated carbocycles. The first-order valence-corrected chi connectivity index (χ1v) is 21.1. The van der Waals surface area contributed by atoms with Crippen LogP contribution in [0.5, 0.6) is 0 Å². The van der Waals surface area contributed by atoms with Crippen LogP contribution in [0, 0.1) is 35.5 Å². The molecule has 0 aromatic heterocycles. The number of aliphatic hydroxyl groups is 4. The third-order valence-electron chi connectivity index (χ3n) is 11.7. The molecular formula is C46H75N3O10. The molecule has 334 valence electrons. The Morgan fingerprint density at radius 1 is 1.05 bits per heavy atom. The van der Waals surface area contributed by atoms with Gasteiger partial charge in [0.2, 0.25) is 5.76 Å². The highest BCUT2D eigenvalue weighted by atomic mass is 16.6. The van der Waals surface area contributed by atoms with Crippen LogP contribution in [-0.4, -0.2) is 138 Å². The highest BCUT2D eigenvalue weighted by Crippen LogP contribution is 2.30. The smallest absolute Gasteiger partial charge is 0.373 e. The number of allylic oxidation sites excluding steroid dienone is 7.